The molecule has 2 aromatic carbocycles. The van der Waals surface area contributed by atoms with Crippen molar-refractivity contribution in [3.8, 4) is 0 Å². The Bertz CT molecular complexity index is 1080. The molecule has 9 nitrogen and oxygen atoms in total. The van der Waals surface area contributed by atoms with Crippen LogP contribution in [0.1, 0.15) is 49.5 Å². The van der Waals surface area contributed by atoms with E-state index in [0.29, 0.717) is 28.8 Å². The number of hydrogen-bond donors (Lipinski definition) is 2. The number of amides is 4. The van der Waals surface area contributed by atoms with Crippen LogP contribution in [0.4, 0.5) is 5.69 Å². The van der Waals surface area contributed by atoms with Crippen molar-refractivity contribution in [2.24, 2.45) is 0 Å². The molecule has 0 saturated carbocycles. The summed E-state index contributed by atoms with van der Waals surface area (Å²) in [6.07, 6.45) is 0.443. The summed E-state index contributed by atoms with van der Waals surface area (Å²) in [6, 6.07) is 11.3. The summed E-state index contributed by atoms with van der Waals surface area (Å²) in [6.45, 7) is 1.77. The summed E-state index contributed by atoms with van der Waals surface area (Å²) in [4.78, 5) is 61.3. The van der Waals surface area contributed by atoms with Crippen molar-refractivity contribution in [1.29, 1.82) is 0 Å². The Morgan fingerprint density at radius 1 is 0.969 bits per heavy atom. The first-order chi connectivity index (χ1) is 15.3. The molecule has 2 N–H and O–H groups in total. The first-order valence-corrected chi connectivity index (χ1v) is 10.0. The van der Waals surface area contributed by atoms with Crippen molar-refractivity contribution in [1.82, 2.24) is 10.2 Å². The van der Waals surface area contributed by atoms with Crippen molar-refractivity contribution in [3.63, 3.8) is 0 Å². The van der Waals surface area contributed by atoms with Crippen LogP contribution in [-0.4, -0.2) is 54.7 Å². The molecule has 4 amide bonds. The van der Waals surface area contributed by atoms with E-state index in [-0.39, 0.29) is 37.2 Å². The fourth-order valence-corrected chi connectivity index (χ4v) is 3.26. The largest absolute Gasteiger partial charge is 0.468 e. The maximum Gasteiger partial charge on any atom is 0.325 e. The zero-order valence-corrected chi connectivity index (χ0v) is 17.8. The molecule has 32 heavy (non-hydrogen) atoms. The van der Waals surface area contributed by atoms with Crippen LogP contribution in [0.3, 0.4) is 0 Å². The lowest BCUT2D eigenvalue weighted by Gasteiger charge is -2.13. The number of fused-ring (bicyclic) bond motifs is 1. The lowest BCUT2D eigenvalue weighted by molar-refractivity contribution is -0.139. The van der Waals surface area contributed by atoms with Crippen LogP contribution in [0.15, 0.2) is 42.5 Å². The molecule has 1 aliphatic heterocycles. The third kappa shape index (κ3) is 5.18. The van der Waals surface area contributed by atoms with Gasteiger partial charge in [-0.25, -0.2) is 0 Å². The zero-order valence-electron chi connectivity index (χ0n) is 17.8. The predicted molar refractivity (Wildman–Crippen MR) is 115 cm³/mol. The highest BCUT2D eigenvalue weighted by molar-refractivity contribution is 6.21. The number of hydrogen-bond acceptors (Lipinski definition) is 6. The number of rotatable bonds is 8. The Kier molecular flexibility index (Phi) is 6.99. The van der Waals surface area contributed by atoms with Gasteiger partial charge in [0, 0.05) is 24.2 Å². The van der Waals surface area contributed by atoms with Gasteiger partial charge in [0.05, 0.1) is 18.2 Å². The van der Waals surface area contributed by atoms with Crippen LogP contribution >= 0.6 is 0 Å². The number of esters is 1. The fourth-order valence-electron chi connectivity index (χ4n) is 3.26. The smallest absolute Gasteiger partial charge is 0.325 e. The summed E-state index contributed by atoms with van der Waals surface area (Å²) in [7, 11) is 1.23. The Morgan fingerprint density at radius 2 is 1.66 bits per heavy atom. The Morgan fingerprint density at radius 3 is 2.34 bits per heavy atom. The molecular formula is C23H23N3O6. The van der Waals surface area contributed by atoms with Gasteiger partial charge in [-0.15, -0.1) is 0 Å². The number of benzene rings is 2. The van der Waals surface area contributed by atoms with Crippen molar-refractivity contribution in [3.05, 3.63) is 64.7 Å². The van der Waals surface area contributed by atoms with Gasteiger partial charge in [-0.05, 0) is 49.7 Å². The summed E-state index contributed by atoms with van der Waals surface area (Å²) in [5.41, 5.74) is 2.51. The first-order valence-electron chi connectivity index (χ1n) is 10.0. The van der Waals surface area contributed by atoms with E-state index < -0.39 is 11.9 Å². The van der Waals surface area contributed by atoms with Crippen LogP contribution in [0.5, 0.6) is 0 Å². The topological polar surface area (TPSA) is 122 Å². The summed E-state index contributed by atoms with van der Waals surface area (Å²) in [5, 5.41) is 5.13. The average Bonchev–Trinajstić information content (AvgIpc) is 3.01. The molecule has 0 bridgehead atoms. The van der Waals surface area contributed by atoms with E-state index in [1.165, 1.54) is 24.1 Å². The van der Waals surface area contributed by atoms with E-state index >= 15 is 0 Å². The standard InChI is InChI=1S/C23H23N3O6/c1-14-5-10-17-18(12-14)23(31)26(22(17)30)11-3-4-19(27)25-16-8-6-15(7-9-16)21(29)24-13-20(28)32-2/h5-10,12H,3-4,11,13H2,1-2H3,(H,24,29)(H,25,27). The molecule has 0 fully saturated rings. The molecule has 1 heterocycles. The van der Waals surface area contributed by atoms with Crippen molar-refractivity contribution < 1.29 is 28.7 Å². The molecule has 0 aromatic heterocycles. The minimum Gasteiger partial charge on any atom is -0.468 e. The SMILES string of the molecule is COC(=O)CNC(=O)c1ccc(NC(=O)CCCN2C(=O)c3ccc(C)cc3C2=O)cc1. The van der Waals surface area contributed by atoms with Crippen LogP contribution in [0, 0.1) is 6.92 Å². The highest BCUT2D eigenvalue weighted by Gasteiger charge is 2.34. The van der Waals surface area contributed by atoms with Gasteiger partial charge < -0.3 is 15.4 Å². The number of nitrogens with zero attached hydrogens (tertiary/aromatic N) is 1. The highest BCUT2D eigenvalue weighted by atomic mass is 16.5. The Hall–Kier alpha value is -4.01. The molecule has 0 saturated heterocycles. The van der Waals surface area contributed by atoms with E-state index in [9.17, 15) is 24.0 Å². The Balaban J connectivity index is 1.46. The lowest BCUT2D eigenvalue weighted by Crippen LogP contribution is -2.31. The summed E-state index contributed by atoms with van der Waals surface area (Å²) < 4.78 is 4.46. The molecule has 2 aromatic rings. The number of carbonyl (C=O) groups excluding carboxylic acids is 5. The van der Waals surface area contributed by atoms with Crippen molar-refractivity contribution in [2.75, 3.05) is 25.5 Å². The maximum absolute atomic E-state index is 12.5. The van der Waals surface area contributed by atoms with Crippen molar-refractivity contribution in [2.45, 2.75) is 19.8 Å². The normalized spacial score (nSPS) is 12.4. The number of carbonyl (C=O) groups is 5. The number of methoxy groups -OCH3 is 1. The van der Waals surface area contributed by atoms with E-state index in [1.807, 2.05) is 6.92 Å². The number of ether oxygens (including phenoxy) is 1. The molecule has 0 aliphatic carbocycles. The van der Waals surface area contributed by atoms with E-state index in [4.69, 9.17) is 0 Å². The fraction of sp³-hybridized carbons (Fsp3) is 0.261. The molecule has 1 aliphatic rings. The van der Waals surface area contributed by atoms with Gasteiger partial charge in [-0.2, -0.15) is 0 Å². The van der Waals surface area contributed by atoms with Gasteiger partial charge in [0.25, 0.3) is 17.7 Å². The van der Waals surface area contributed by atoms with Crippen LogP contribution in [0.25, 0.3) is 0 Å². The molecule has 9 heteroatoms. The maximum atomic E-state index is 12.5. The lowest BCUT2D eigenvalue weighted by atomic mass is 10.1. The summed E-state index contributed by atoms with van der Waals surface area (Å²) in [5.74, 6) is -1.95. The molecule has 0 unspecified atom stereocenters. The van der Waals surface area contributed by atoms with Gasteiger partial charge in [0.15, 0.2) is 0 Å². The molecule has 0 atom stereocenters. The van der Waals surface area contributed by atoms with Crippen LogP contribution in [0.2, 0.25) is 0 Å². The number of anilines is 1. The minimum atomic E-state index is -0.557. The quantitative estimate of drug-likeness (QED) is 0.481. The van der Waals surface area contributed by atoms with E-state index in [1.54, 1.807) is 30.3 Å². The third-order valence-electron chi connectivity index (χ3n) is 4.96. The zero-order chi connectivity index (χ0) is 23.3. The van der Waals surface area contributed by atoms with Crippen LogP contribution < -0.4 is 10.6 Å². The van der Waals surface area contributed by atoms with Crippen molar-refractivity contribution >= 4 is 35.3 Å². The van der Waals surface area contributed by atoms with Gasteiger partial charge in [-0.3, -0.25) is 28.9 Å². The second-order valence-corrected chi connectivity index (χ2v) is 7.30. The van der Waals surface area contributed by atoms with Gasteiger partial charge in [0.2, 0.25) is 5.91 Å². The summed E-state index contributed by atoms with van der Waals surface area (Å²) >= 11 is 0. The van der Waals surface area contributed by atoms with E-state index in [0.717, 1.165) is 5.56 Å². The number of imide groups is 1. The first kappa shape index (κ1) is 22.7. The molecular weight excluding hydrogens is 414 g/mol. The molecule has 0 radical (unpaired) electrons. The number of aryl methyl sites for hydroxylation is 1. The molecule has 3 rings (SSSR count). The molecule has 0 spiro atoms. The van der Waals surface area contributed by atoms with Gasteiger partial charge >= 0.3 is 5.97 Å². The second kappa shape index (κ2) is 9.86. The highest BCUT2D eigenvalue weighted by Crippen LogP contribution is 2.24. The second-order valence-electron chi connectivity index (χ2n) is 7.30. The monoisotopic (exact) mass is 437 g/mol. The Labute approximate surface area is 184 Å². The third-order valence-corrected chi connectivity index (χ3v) is 4.96. The molecule has 166 valence electrons. The predicted octanol–water partition coefficient (Wildman–Crippen LogP) is 1.91. The van der Waals surface area contributed by atoms with Gasteiger partial charge in [-0.1, -0.05) is 11.6 Å². The van der Waals surface area contributed by atoms with Crippen LogP contribution in [-0.2, 0) is 14.3 Å². The minimum absolute atomic E-state index is 0.119. The van der Waals surface area contributed by atoms with E-state index in [2.05, 4.69) is 15.4 Å². The number of nitrogens with one attached hydrogen (secondary N) is 2. The average molecular weight is 437 g/mol. The van der Waals surface area contributed by atoms with Gasteiger partial charge in [0.1, 0.15) is 6.54 Å².